The number of nitrogens with zero attached hydrogens (tertiary/aromatic N) is 3. The lowest BCUT2D eigenvalue weighted by molar-refractivity contribution is 0.0391. The highest BCUT2D eigenvalue weighted by Crippen LogP contribution is 2.33. The summed E-state index contributed by atoms with van der Waals surface area (Å²) >= 11 is 11.6. The average molecular weight is 302 g/mol. The molecule has 0 aliphatic heterocycles. The van der Waals surface area contributed by atoms with Crippen molar-refractivity contribution in [3.63, 3.8) is 0 Å². The first kappa shape index (κ1) is 14.2. The van der Waals surface area contributed by atoms with Crippen molar-refractivity contribution in [1.82, 2.24) is 15.2 Å². The molecule has 0 unspecified atom stereocenters. The molecule has 0 saturated heterocycles. The van der Waals surface area contributed by atoms with E-state index in [-0.39, 0.29) is 22.1 Å². The van der Waals surface area contributed by atoms with Gasteiger partial charge in [0.25, 0.3) is 0 Å². The number of halogens is 2. The smallest absolute Gasteiger partial charge is 0.248 e. The SMILES string of the molecule is CC(C)(C)[C@H](O)c1nnc(-c2cc(Cl)nc(Cl)c2)o1. The Kier molecular flexibility index (Phi) is 3.80. The standard InChI is InChI=1S/C12H13Cl2N3O2/c1-12(2,3)9(18)11-17-16-10(19-11)6-4-7(13)15-8(14)5-6/h4-5,9,18H,1-3H3/t9-/m1/s1. The van der Waals surface area contributed by atoms with Gasteiger partial charge < -0.3 is 9.52 Å². The molecule has 1 atom stereocenters. The molecule has 0 saturated carbocycles. The second-order valence-corrected chi connectivity index (χ2v) is 5.99. The van der Waals surface area contributed by atoms with Crippen LogP contribution in [0, 0.1) is 5.41 Å². The normalized spacial score (nSPS) is 13.6. The van der Waals surface area contributed by atoms with Crippen LogP contribution in [0.5, 0.6) is 0 Å². The van der Waals surface area contributed by atoms with E-state index in [0.29, 0.717) is 5.56 Å². The Balaban J connectivity index is 2.36. The molecule has 0 aliphatic carbocycles. The summed E-state index contributed by atoms with van der Waals surface area (Å²) in [5.74, 6) is 0.399. The lowest BCUT2D eigenvalue weighted by Crippen LogP contribution is -2.18. The number of aliphatic hydroxyl groups is 1. The van der Waals surface area contributed by atoms with E-state index in [0.717, 1.165) is 0 Å². The highest BCUT2D eigenvalue weighted by atomic mass is 35.5. The Labute approximate surface area is 120 Å². The maximum absolute atomic E-state index is 10.1. The fraction of sp³-hybridized carbons (Fsp3) is 0.417. The Hall–Kier alpha value is -1.17. The molecule has 0 fully saturated rings. The van der Waals surface area contributed by atoms with Crippen molar-refractivity contribution in [3.8, 4) is 11.5 Å². The van der Waals surface area contributed by atoms with E-state index in [1.54, 1.807) is 12.1 Å². The Morgan fingerprint density at radius 1 is 1.16 bits per heavy atom. The zero-order chi connectivity index (χ0) is 14.2. The van der Waals surface area contributed by atoms with Crippen molar-refractivity contribution in [2.45, 2.75) is 26.9 Å². The average Bonchev–Trinajstić information content (AvgIpc) is 2.74. The van der Waals surface area contributed by atoms with Crippen LogP contribution >= 0.6 is 23.2 Å². The Morgan fingerprint density at radius 3 is 2.26 bits per heavy atom. The van der Waals surface area contributed by atoms with Crippen molar-refractivity contribution < 1.29 is 9.52 Å². The van der Waals surface area contributed by atoms with Crippen LogP contribution in [-0.4, -0.2) is 20.3 Å². The van der Waals surface area contributed by atoms with E-state index in [9.17, 15) is 5.11 Å². The molecular formula is C12H13Cl2N3O2. The van der Waals surface area contributed by atoms with Crippen molar-refractivity contribution in [3.05, 3.63) is 28.3 Å². The third kappa shape index (κ3) is 3.23. The van der Waals surface area contributed by atoms with Gasteiger partial charge in [-0.2, -0.15) is 0 Å². The van der Waals surface area contributed by atoms with Crippen molar-refractivity contribution in [2.24, 2.45) is 5.41 Å². The minimum Gasteiger partial charge on any atom is -0.418 e. The summed E-state index contributed by atoms with van der Waals surface area (Å²) < 4.78 is 5.45. The Morgan fingerprint density at radius 2 is 1.74 bits per heavy atom. The molecule has 102 valence electrons. The van der Waals surface area contributed by atoms with Crippen LogP contribution in [0.15, 0.2) is 16.5 Å². The van der Waals surface area contributed by atoms with Crippen LogP contribution in [0.1, 0.15) is 32.8 Å². The van der Waals surface area contributed by atoms with Crippen LogP contribution in [-0.2, 0) is 0 Å². The fourth-order valence-electron chi connectivity index (χ4n) is 1.42. The molecule has 2 aromatic heterocycles. The summed E-state index contributed by atoms with van der Waals surface area (Å²) in [4.78, 5) is 3.83. The van der Waals surface area contributed by atoms with Gasteiger partial charge in [0.1, 0.15) is 16.4 Å². The first-order valence-corrected chi connectivity index (χ1v) is 6.38. The lowest BCUT2D eigenvalue weighted by atomic mass is 9.89. The van der Waals surface area contributed by atoms with Crippen molar-refractivity contribution in [2.75, 3.05) is 0 Å². The van der Waals surface area contributed by atoms with Gasteiger partial charge in [-0.05, 0) is 17.5 Å². The second kappa shape index (κ2) is 5.07. The molecule has 19 heavy (non-hydrogen) atoms. The molecule has 2 heterocycles. The van der Waals surface area contributed by atoms with Crippen LogP contribution in [0.4, 0.5) is 0 Å². The second-order valence-electron chi connectivity index (χ2n) is 5.22. The van der Waals surface area contributed by atoms with Crippen LogP contribution < -0.4 is 0 Å². The van der Waals surface area contributed by atoms with Gasteiger partial charge in [0.15, 0.2) is 0 Å². The molecule has 2 aromatic rings. The van der Waals surface area contributed by atoms with Gasteiger partial charge in [-0.25, -0.2) is 4.98 Å². The van der Waals surface area contributed by atoms with E-state index in [4.69, 9.17) is 27.6 Å². The van der Waals surface area contributed by atoms with Gasteiger partial charge in [-0.15, -0.1) is 10.2 Å². The summed E-state index contributed by atoms with van der Waals surface area (Å²) in [5, 5.41) is 18.3. The minimum absolute atomic E-state index is 0.159. The number of hydrogen-bond donors (Lipinski definition) is 1. The molecule has 0 amide bonds. The van der Waals surface area contributed by atoms with Crippen molar-refractivity contribution >= 4 is 23.2 Å². The maximum atomic E-state index is 10.1. The summed E-state index contributed by atoms with van der Waals surface area (Å²) in [5.41, 5.74) is 0.169. The van der Waals surface area contributed by atoms with Gasteiger partial charge >= 0.3 is 0 Å². The third-order valence-electron chi connectivity index (χ3n) is 2.50. The molecule has 0 bridgehead atoms. The first-order chi connectivity index (χ1) is 8.77. The van der Waals surface area contributed by atoms with E-state index in [1.165, 1.54) is 0 Å². The largest absolute Gasteiger partial charge is 0.418 e. The fourth-order valence-corrected chi connectivity index (χ4v) is 1.88. The molecule has 0 aromatic carbocycles. The highest BCUT2D eigenvalue weighted by molar-refractivity contribution is 6.32. The van der Waals surface area contributed by atoms with Gasteiger partial charge in [-0.3, -0.25) is 0 Å². The lowest BCUT2D eigenvalue weighted by Gasteiger charge is -2.22. The topological polar surface area (TPSA) is 72.0 Å². The number of aromatic nitrogens is 3. The van der Waals surface area contributed by atoms with Gasteiger partial charge in [0.2, 0.25) is 11.8 Å². The quantitative estimate of drug-likeness (QED) is 0.859. The van der Waals surface area contributed by atoms with E-state index in [1.807, 2.05) is 20.8 Å². The Bertz CT molecular complexity index is 573. The molecule has 0 aliphatic rings. The first-order valence-electron chi connectivity index (χ1n) is 5.62. The molecule has 0 radical (unpaired) electrons. The molecule has 2 rings (SSSR count). The van der Waals surface area contributed by atoms with Crippen molar-refractivity contribution in [1.29, 1.82) is 0 Å². The highest BCUT2D eigenvalue weighted by Gasteiger charge is 2.29. The molecule has 7 heteroatoms. The zero-order valence-electron chi connectivity index (χ0n) is 10.7. The predicted molar refractivity (Wildman–Crippen MR) is 72.0 cm³/mol. The van der Waals surface area contributed by atoms with Crippen LogP contribution in [0.25, 0.3) is 11.5 Å². The number of aliphatic hydroxyl groups excluding tert-OH is 1. The zero-order valence-corrected chi connectivity index (χ0v) is 12.2. The van der Waals surface area contributed by atoms with E-state index < -0.39 is 11.5 Å². The maximum Gasteiger partial charge on any atom is 0.248 e. The number of hydrogen-bond acceptors (Lipinski definition) is 5. The van der Waals surface area contributed by atoms with Crippen LogP contribution in [0.2, 0.25) is 10.3 Å². The van der Waals surface area contributed by atoms with Gasteiger partial charge in [0, 0.05) is 5.56 Å². The minimum atomic E-state index is -0.846. The van der Waals surface area contributed by atoms with Crippen LogP contribution in [0.3, 0.4) is 0 Å². The van der Waals surface area contributed by atoms with Gasteiger partial charge in [-0.1, -0.05) is 44.0 Å². The molecule has 0 spiro atoms. The monoisotopic (exact) mass is 301 g/mol. The molecule has 5 nitrogen and oxygen atoms in total. The summed E-state index contributed by atoms with van der Waals surface area (Å²) in [6.07, 6.45) is -0.846. The number of pyridine rings is 1. The van der Waals surface area contributed by atoms with E-state index in [2.05, 4.69) is 15.2 Å². The third-order valence-corrected chi connectivity index (χ3v) is 2.89. The molecular weight excluding hydrogens is 289 g/mol. The summed E-state index contributed by atoms with van der Waals surface area (Å²) in [6, 6.07) is 3.13. The van der Waals surface area contributed by atoms with Gasteiger partial charge in [0.05, 0.1) is 0 Å². The summed E-state index contributed by atoms with van der Waals surface area (Å²) in [6.45, 7) is 5.63. The number of rotatable bonds is 2. The van der Waals surface area contributed by atoms with E-state index >= 15 is 0 Å². The summed E-state index contributed by atoms with van der Waals surface area (Å²) in [7, 11) is 0. The molecule has 1 N–H and O–H groups in total. The predicted octanol–water partition coefficient (Wildman–Crippen LogP) is 3.52.